The summed E-state index contributed by atoms with van der Waals surface area (Å²) in [6, 6.07) is 12.4. The van der Waals surface area contributed by atoms with Crippen molar-refractivity contribution in [3.8, 4) is 11.8 Å². The van der Waals surface area contributed by atoms with Gasteiger partial charge in [-0.05, 0) is 43.2 Å². The number of hydrogen-bond donors (Lipinski definition) is 0. The summed E-state index contributed by atoms with van der Waals surface area (Å²) < 4.78 is 19.6. The third-order valence-electron chi connectivity index (χ3n) is 3.72. The number of ether oxygens (including phenoxy) is 1. The molecule has 4 heteroatoms. The van der Waals surface area contributed by atoms with E-state index in [4.69, 9.17) is 16.3 Å². The van der Waals surface area contributed by atoms with E-state index in [1.807, 2.05) is 32.0 Å². The summed E-state index contributed by atoms with van der Waals surface area (Å²) >= 11 is 6.01. The molecule has 0 saturated heterocycles. The predicted molar refractivity (Wildman–Crippen MR) is 85.8 cm³/mol. The molecule has 22 heavy (non-hydrogen) atoms. The average molecular weight is 318 g/mol. The van der Waals surface area contributed by atoms with Crippen molar-refractivity contribution in [1.29, 1.82) is 5.26 Å². The first-order valence-electron chi connectivity index (χ1n) is 7.07. The minimum Gasteiger partial charge on any atom is -0.493 e. The number of nitriles is 1. The van der Waals surface area contributed by atoms with Gasteiger partial charge in [0.2, 0.25) is 0 Å². The molecule has 0 heterocycles. The Kier molecular flexibility index (Phi) is 5.41. The van der Waals surface area contributed by atoms with Crippen LogP contribution in [0.15, 0.2) is 36.4 Å². The lowest BCUT2D eigenvalue weighted by molar-refractivity contribution is 0.303. The molecule has 1 unspecified atom stereocenters. The molecule has 0 saturated carbocycles. The van der Waals surface area contributed by atoms with Crippen LogP contribution in [0, 0.1) is 31.0 Å². The highest BCUT2D eigenvalue weighted by Crippen LogP contribution is 2.30. The number of hydrogen-bond acceptors (Lipinski definition) is 2. The van der Waals surface area contributed by atoms with Gasteiger partial charge in [0, 0.05) is 17.0 Å². The van der Waals surface area contributed by atoms with E-state index in [1.165, 1.54) is 12.1 Å². The Hall–Kier alpha value is -2.05. The molecule has 0 N–H and O–H groups in total. The van der Waals surface area contributed by atoms with Gasteiger partial charge in [0.25, 0.3) is 0 Å². The second-order valence-electron chi connectivity index (χ2n) is 5.15. The van der Waals surface area contributed by atoms with Gasteiger partial charge in [0.1, 0.15) is 11.6 Å². The maximum Gasteiger partial charge on any atom is 0.129 e. The molecule has 1 atom stereocenters. The molecule has 0 aliphatic carbocycles. The molecule has 2 aromatic rings. The van der Waals surface area contributed by atoms with Crippen LogP contribution in [0.1, 0.15) is 29.0 Å². The predicted octanol–water partition coefficient (Wildman–Crippen LogP) is 5.17. The molecule has 2 aromatic carbocycles. The lowest BCUT2D eigenvalue weighted by atomic mass is 9.97. The summed E-state index contributed by atoms with van der Waals surface area (Å²) in [6.45, 7) is 4.33. The van der Waals surface area contributed by atoms with Crippen LogP contribution in [0.5, 0.6) is 5.75 Å². The highest BCUT2D eigenvalue weighted by molar-refractivity contribution is 6.31. The quantitative estimate of drug-likeness (QED) is 0.762. The minimum atomic E-state index is -0.626. The van der Waals surface area contributed by atoms with Gasteiger partial charge in [0.05, 0.1) is 18.6 Å². The number of benzene rings is 2. The van der Waals surface area contributed by atoms with Gasteiger partial charge in [-0.25, -0.2) is 4.39 Å². The van der Waals surface area contributed by atoms with Crippen molar-refractivity contribution in [2.45, 2.75) is 26.2 Å². The molecule has 2 rings (SSSR count). The van der Waals surface area contributed by atoms with Crippen LogP contribution in [-0.4, -0.2) is 6.61 Å². The number of halogens is 2. The smallest absolute Gasteiger partial charge is 0.129 e. The van der Waals surface area contributed by atoms with E-state index in [1.54, 1.807) is 6.07 Å². The lowest BCUT2D eigenvalue weighted by Gasteiger charge is -2.14. The molecule has 0 fully saturated rings. The summed E-state index contributed by atoms with van der Waals surface area (Å²) in [5.41, 5.74) is 2.46. The molecule has 0 aromatic heterocycles. The molecule has 0 radical (unpaired) electrons. The first-order valence-corrected chi connectivity index (χ1v) is 7.45. The zero-order valence-corrected chi connectivity index (χ0v) is 13.3. The molecule has 0 aliphatic rings. The Morgan fingerprint density at radius 2 is 1.95 bits per heavy atom. The van der Waals surface area contributed by atoms with Crippen molar-refractivity contribution in [3.05, 3.63) is 63.9 Å². The zero-order chi connectivity index (χ0) is 16.1. The molecule has 2 nitrogen and oxygen atoms in total. The monoisotopic (exact) mass is 317 g/mol. The highest BCUT2D eigenvalue weighted by atomic mass is 35.5. The molecule has 0 aliphatic heterocycles. The maximum absolute atomic E-state index is 13.9. The summed E-state index contributed by atoms with van der Waals surface area (Å²) in [7, 11) is 0. The average Bonchev–Trinajstić information content (AvgIpc) is 2.49. The maximum atomic E-state index is 13.9. The van der Waals surface area contributed by atoms with Gasteiger partial charge in [0.15, 0.2) is 0 Å². The van der Waals surface area contributed by atoms with Crippen molar-refractivity contribution in [1.82, 2.24) is 0 Å². The fourth-order valence-corrected chi connectivity index (χ4v) is 2.58. The van der Waals surface area contributed by atoms with Crippen molar-refractivity contribution < 1.29 is 9.13 Å². The first kappa shape index (κ1) is 16.3. The minimum absolute atomic E-state index is 0.247. The number of aryl methyl sites for hydroxylation is 1. The highest BCUT2D eigenvalue weighted by Gasteiger charge is 2.19. The second-order valence-corrected chi connectivity index (χ2v) is 5.56. The Bertz CT molecular complexity index is 688. The SMILES string of the molecule is Cc1cccc(OCCC(C#N)c2c(F)cccc2Cl)c1C. The largest absolute Gasteiger partial charge is 0.493 e. The van der Waals surface area contributed by atoms with E-state index in [9.17, 15) is 9.65 Å². The van der Waals surface area contributed by atoms with Crippen LogP contribution in [0.25, 0.3) is 0 Å². The van der Waals surface area contributed by atoms with Crippen LogP contribution >= 0.6 is 11.6 Å². The summed E-state index contributed by atoms with van der Waals surface area (Å²) in [6.07, 6.45) is 0.379. The second kappa shape index (κ2) is 7.29. The van der Waals surface area contributed by atoms with E-state index in [-0.39, 0.29) is 10.6 Å². The van der Waals surface area contributed by atoms with Crippen LogP contribution in [-0.2, 0) is 0 Å². The zero-order valence-electron chi connectivity index (χ0n) is 12.6. The van der Waals surface area contributed by atoms with E-state index < -0.39 is 11.7 Å². The van der Waals surface area contributed by atoms with Gasteiger partial charge < -0.3 is 4.74 Å². The van der Waals surface area contributed by atoms with Crippen molar-refractivity contribution in [3.63, 3.8) is 0 Å². The van der Waals surface area contributed by atoms with Crippen LogP contribution in [0.4, 0.5) is 4.39 Å². The van der Waals surface area contributed by atoms with E-state index in [2.05, 4.69) is 6.07 Å². The van der Waals surface area contributed by atoms with E-state index in [0.29, 0.717) is 13.0 Å². The van der Waals surface area contributed by atoms with Gasteiger partial charge in [-0.15, -0.1) is 0 Å². The van der Waals surface area contributed by atoms with Crippen LogP contribution in [0.2, 0.25) is 5.02 Å². The Balaban J connectivity index is 2.07. The van der Waals surface area contributed by atoms with Crippen molar-refractivity contribution in [2.24, 2.45) is 0 Å². The van der Waals surface area contributed by atoms with Crippen LogP contribution < -0.4 is 4.74 Å². The Morgan fingerprint density at radius 1 is 1.23 bits per heavy atom. The van der Waals surface area contributed by atoms with Gasteiger partial charge in [-0.1, -0.05) is 29.8 Å². The molecule has 0 amide bonds. The fourth-order valence-electron chi connectivity index (χ4n) is 2.28. The normalized spacial score (nSPS) is 11.8. The third-order valence-corrected chi connectivity index (χ3v) is 4.05. The third kappa shape index (κ3) is 3.58. The van der Waals surface area contributed by atoms with Crippen molar-refractivity contribution >= 4 is 11.6 Å². The molecular formula is C18H17ClFNO. The van der Waals surface area contributed by atoms with Gasteiger partial charge >= 0.3 is 0 Å². The van der Waals surface area contributed by atoms with Crippen LogP contribution in [0.3, 0.4) is 0 Å². The topological polar surface area (TPSA) is 33.0 Å². The summed E-state index contributed by atoms with van der Waals surface area (Å²) in [5.74, 6) is -0.291. The standard InChI is InChI=1S/C18H17ClFNO/c1-12-5-3-8-17(13(12)2)22-10-9-14(11-21)18-15(19)6-4-7-16(18)20/h3-8,14H,9-10H2,1-2H3. The molecule has 0 spiro atoms. The summed E-state index contributed by atoms with van der Waals surface area (Å²) in [5, 5.41) is 9.57. The Labute approximate surface area is 135 Å². The number of rotatable bonds is 5. The van der Waals surface area contributed by atoms with Gasteiger partial charge in [-0.2, -0.15) is 5.26 Å². The summed E-state index contributed by atoms with van der Waals surface area (Å²) in [4.78, 5) is 0. The van der Waals surface area contributed by atoms with E-state index >= 15 is 0 Å². The molecule has 0 bridgehead atoms. The molecule has 114 valence electrons. The molecular weight excluding hydrogens is 301 g/mol. The lowest BCUT2D eigenvalue weighted by Crippen LogP contribution is -2.07. The van der Waals surface area contributed by atoms with E-state index in [0.717, 1.165) is 16.9 Å². The fraction of sp³-hybridized carbons (Fsp3) is 0.278. The first-order chi connectivity index (χ1) is 10.5. The van der Waals surface area contributed by atoms with Crippen molar-refractivity contribution in [2.75, 3.05) is 6.61 Å². The Morgan fingerprint density at radius 3 is 2.64 bits per heavy atom. The number of nitrogens with zero attached hydrogens (tertiary/aromatic N) is 1. The van der Waals surface area contributed by atoms with Gasteiger partial charge in [-0.3, -0.25) is 0 Å².